The highest BCUT2D eigenvalue weighted by atomic mass is 32.2. The molecule has 1 atom stereocenters. The number of thioether (sulfide) groups is 1. The third kappa shape index (κ3) is 3.62. The van der Waals surface area contributed by atoms with Gasteiger partial charge in [-0.3, -0.25) is 0 Å². The second-order valence-electron chi connectivity index (χ2n) is 5.13. The summed E-state index contributed by atoms with van der Waals surface area (Å²) < 4.78 is 5.67. The van der Waals surface area contributed by atoms with Crippen molar-refractivity contribution in [3.8, 4) is 0 Å². The normalized spacial score (nSPS) is 19.7. The molecule has 1 saturated heterocycles. The van der Waals surface area contributed by atoms with E-state index in [9.17, 15) is 0 Å². The van der Waals surface area contributed by atoms with E-state index in [0.29, 0.717) is 30.4 Å². The summed E-state index contributed by atoms with van der Waals surface area (Å²) in [5, 5.41) is 11.5. The Kier molecular flexibility index (Phi) is 4.88. The quantitative estimate of drug-likeness (QED) is 0.850. The second-order valence-corrected chi connectivity index (χ2v) is 6.28. The summed E-state index contributed by atoms with van der Waals surface area (Å²) in [5.74, 6) is 3.68. The lowest BCUT2D eigenvalue weighted by atomic mass is 10.2. The van der Waals surface area contributed by atoms with Crippen LogP contribution in [0.25, 0.3) is 0 Å². The molecule has 0 amide bonds. The maximum absolute atomic E-state index is 5.67. The molecule has 6 heteroatoms. The van der Waals surface area contributed by atoms with Gasteiger partial charge in [-0.25, -0.2) is 0 Å². The first-order chi connectivity index (χ1) is 8.66. The highest BCUT2D eigenvalue weighted by molar-refractivity contribution is 7.99. The van der Waals surface area contributed by atoms with Crippen LogP contribution < -0.4 is 10.2 Å². The molecule has 1 aliphatic rings. The van der Waals surface area contributed by atoms with Crippen LogP contribution in [0, 0.1) is 5.92 Å². The molecule has 1 aromatic rings. The van der Waals surface area contributed by atoms with Crippen LogP contribution in [0.15, 0.2) is 4.42 Å². The molecule has 0 spiro atoms. The van der Waals surface area contributed by atoms with Crippen molar-refractivity contribution in [1.29, 1.82) is 0 Å². The lowest BCUT2D eigenvalue weighted by Crippen LogP contribution is -2.31. The monoisotopic (exact) mass is 270 g/mol. The molecule has 5 nitrogen and oxygen atoms in total. The fourth-order valence-corrected chi connectivity index (χ4v) is 3.18. The third-order valence-electron chi connectivity index (χ3n) is 3.04. The Morgan fingerprint density at radius 3 is 3.00 bits per heavy atom. The van der Waals surface area contributed by atoms with Gasteiger partial charge in [0.15, 0.2) is 0 Å². The predicted molar refractivity (Wildman–Crippen MR) is 75.0 cm³/mol. The number of nitrogens with zero attached hydrogens (tertiary/aromatic N) is 3. The van der Waals surface area contributed by atoms with Crippen molar-refractivity contribution in [2.24, 2.45) is 5.92 Å². The van der Waals surface area contributed by atoms with Gasteiger partial charge in [-0.1, -0.05) is 18.9 Å². The Hall–Kier alpha value is -0.750. The fourth-order valence-electron chi connectivity index (χ4n) is 1.91. The number of hydrogen-bond acceptors (Lipinski definition) is 6. The Morgan fingerprint density at radius 2 is 2.33 bits per heavy atom. The molecule has 2 heterocycles. The van der Waals surface area contributed by atoms with Crippen molar-refractivity contribution in [2.45, 2.75) is 32.9 Å². The average Bonchev–Trinajstić information content (AvgIpc) is 2.99. The van der Waals surface area contributed by atoms with Crippen LogP contribution in [-0.4, -0.2) is 41.3 Å². The zero-order valence-electron chi connectivity index (χ0n) is 11.3. The van der Waals surface area contributed by atoms with Gasteiger partial charge >= 0.3 is 6.01 Å². The first kappa shape index (κ1) is 13.7. The number of hydrogen-bond donors (Lipinski definition) is 1. The smallest absolute Gasteiger partial charge is 0.318 e. The van der Waals surface area contributed by atoms with Crippen molar-refractivity contribution < 1.29 is 4.42 Å². The largest absolute Gasteiger partial charge is 0.407 e. The van der Waals surface area contributed by atoms with Crippen LogP contribution in [0.1, 0.15) is 26.2 Å². The minimum Gasteiger partial charge on any atom is -0.407 e. The standard InChI is InChI=1S/C12H22N4OS/c1-9(2)6-13-7-11-14-15-12(17-11)16(3)10-4-5-18-8-10/h9-10,13H,4-8H2,1-3H3. The van der Waals surface area contributed by atoms with Gasteiger partial charge < -0.3 is 14.6 Å². The lowest BCUT2D eigenvalue weighted by molar-refractivity contribution is 0.444. The summed E-state index contributed by atoms with van der Waals surface area (Å²) in [7, 11) is 2.04. The fraction of sp³-hybridized carbons (Fsp3) is 0.833. The van der Waals surface area contributed by atoms with Gasteiger partial charge in [-0.15, -0.1) is 5.10 Å². The summed E-state index contributed by atoms with van der Waals surface area (Å²) in [6, 6.07) is 1.18. The maximum Gasteiger partial charge on any atom is 0.318 e. The Bertz CT molecular complexity index is 363. The van der Waals surface area contributed by atoms with Crippen molar-refractivity contribution in [1.82, 2.24) is 15.5 Å². The van der Waals surface area contributed by atoms with E-state index >= 15 is 0 Å². The zero-order valence-corrected chi connectivity index (χ0v) is 12.2. The molecule has 1 aliphatic heterocycles. The maximum atomic E-state index is 5.67. The van der Waals surface area contributed by atoms with Gasteiger partial charge in [0.1, 0.15) is 0 Å². The van der Waals surface area contributed by atoms with E-state index in [-0.39, 0.29) is 0 Å². The van der Waals surface area contributed by atoms with Gasteiger partial charge in [0, 0.05) is 18.8 Å². The van der Waals surface area contributed by atoms with Crippen LogP contribution in [0.5, 0.6) is 0 Å². The molecule has 1 N–H and O–H groups in total. The minimum absolute atomic E-state index is 0.534. The molecule has 102 valence electrons. The van der Waals surface area contributed by atoms with Gasteiger partial charge in [-0.05, 0) is 24.6 Å². The Morgan fingerprint density at radius 1 is 1.50 bits per heavy atom. The third-order valence-corrected chi connectivity index (χ3v) is 4.18. The number of rotatable bonds is 6. The Labute approximate surface area is 113 Å². The molecule has 0 aromatic carbocycles. The van der Waals surface area contributed by atoms with Crippen LogP contribution in [0.4, 0.5) is 6.01 Å². The number of aromatic nitrogens is 2. The molecule has 0 radical (unpaired) electrons. The summed E-state index contributed by atoms with van der Waals surface area (Å²) in [6.45, 7) is 5.97. The van der Waals surface area contributed by atoms with E-state index in [4.69, 9.17) is 4.42 Å². The molecule has 1 aromatic heterocycles. The second kappa shape index (κ2) is 6.43. The molecule has 0 aliphatic carbocycles. The van der Waals surface area contributed by atoms with E-state index in [1.807, 2.05) is 18.8 Å². The number of nitrogens with one attached hydrogen (secondary N) is 1. The zero-order chi connectivity index (χ0) is 13.0. The predicted octanol–water partition coefficient (Wildman–Crippen LogP) is 1.76. The van der Waals surface area contributed by atoms with Crippen LogP contribution >= 0.6 is 11.8 Å². The average molecular weight is 270 g/mol. The van der Waals surface area contributed by atoms with Gasteiger partial charge in [0.2, 0.25) is 5.89 Å². The van der Waals surface area contributed by atoms with Crippen LogP contribution in [0.3, 0.4) is 0 Å². The SMILES string of the molecule is CC(C)CNCc1nnc(N(C)C2CCSC2)o1. The van der Waals surface area contributed by atoms with E-state index in [1.54, 1.807) is 0 Å². The molecule has 1 unspecified atom stereocenters. The first-order valence-corrected chi connectivity index (χ1v) is 7.66. The van der Waals surface area contributed by atoms with Gasteiger partial charge in [-0.2, -0.15) is 11.8 Å². The van der Waals surface area contributed by atoms with Crippen LogP contribution in [-0.2, 0) is 6.54 Å². The topological polar surface area (TPSA) is 54.2 Å². The van der Waals surface area contributed by atoms with Crippen molar-refractivity contribution in [3.63, 3.8) is 0 Å². The van der Waals surface area contributed by atoms with E-state index in [1.165, 1.54) is 12.2 Å². The first-order valence-electron chi connectivity index (χ1n) is 6.50. The summed E-state index contributed by atoms with van der Waals surface area (Å²) in [5.41, 5.74) is 0. The van der Waals surface area contributed by atoms with E-state index < -0.39 is 0 Å². The summed E-state index contributed by atoms with van der Waals surface area (Å²) in [6.07, 6.45) is 1.20. The molecule has 0 saturated carbocycles. The van der Waals surface area contributed by atoms with Crippen molar-refractivity contribution in [3.05, 3.63) is 5.89 Å². The van der Waals surface area contributed by atoms with Gasteiger partial charge in [0.05, 0.1) is 6.54 Å². The molecule has 1 fully saturated rings. The summed E-state index contributed by atoms with van der Waals surface area (Å²) >= 11 is 1.99. The summed E-state index contributed by atoms with van der Waals surface area (Å²) in [4.78, 5) is 2.11. The Balaban J connectivity index is 1.85. The molecular formula is C12H22N4OS. The molecular weight excluding hydrogens is 248 g/mol. The molecule has 0 bridgehead atoms. The molecule has 2 rings (SSSR count). The van der Waals surface area contributed by atoms with Crippen molar-refractivity contribution >= 4 is 17.8 Å². The lowest BCUT2D eigenvalue weighted by Gasteiger charge is -2.20. The van der Waals surface area contributed by atoms with E-state index in [2.05, 4.69) is 34.3 Å². The van der Waals surface area contributed by atoms with E-state index in [0.717, 1.165) is 12.3 Å². The number of anilines is 1. The van der Waals surface area contributed by atoms with Crippen LogP contribution in [0.2, 0.25) is 0 Å². The molecule has 18 heavy (non-hydrogen) atoms. The highest BCUT2D eigenvalue weighted by Crippen LogP contribution is 2.24. The highest BCUT2D eigenvalue weighted by Gasteiger charge is 2.23. The van der Waals surface area contributed by atoms with Crippen molar-refractivity contribution in [2.75, 3.05) is 30.0 Å². The van der Waals surface area contributed by atoms with Gasteiger partial charge in [0.25, 0.3) is 0 Å². The minimum atomic E-state index is 0.534.